The molecule has 7 heteroatoms. The number of rotatable bonds is 5. The van der Waals surface area contributed by atoms with Gasteiger partial charge in [-0.3, -0.25) is 4.79 Å². The largest absolute Gasteiger partial charge is 0.449 e. The molecule has 0 saturated heterocycles. The van der Waals surface area contributed by atoms with Crippen LogP contribution >= 0.6 is 0 Å². The number of benzene rings is 1. The number of nitrogens with one attached hydrogen (secondary N) is 1. The van der Waals surface area contributed by atoms with E-state index in [1.165, 1.54) is 31.2 Å². The summed E-state index contributed by atoms with van der Waals surface area (Å²) in [7, 11) is 0. The number of esters is 1. The Kier molecular flexibility index (Phi) is 5.24. The van der Waals surface area contributed by atoms with Gasteiger partial charge in [0.2, 0.25) is 0 Å². The van der Waals surface area contributed by atoms with Crippen LogP contribution in [0.5, 0.6) is 0 Å². The highest BCUT2D eigenvalue weighted by Crippen LogP contribution is 2.10. The van der Waals surface area contributed by atoms with Crippen LogP contribution in [-0.4, -0.2) is 23.1 Å². The van der Waals surface area contributed by atoms with Crippen LogP contribution in [0.25, 0.3) is 6.08 Å². The zero-order chi connectivity index (χ0) is 16.8. The molecule has 2 aromatic rings. The molecule has 2 rings (SSSR count). The first-order valence-electron chi connectivity index (χ1n) is 6.83. The summed E-state index contributed by atoms with van der Waals surface area (Å²) in [5.41, 5.74) is 0.250. The first kappa shape index (κ1) is 16.4. The van der Waals surface area contributed by atoms with E-state index in [0.717, 1.165) is 6.08 Å². The Bertz CT molecular complexity index is 739. The molecular formula is C16H15FN2O4. The molecule has 0 saturated carbocycles. The standard InChI is InChI=1S/C16H15FN2O4/c1-10-9-14(19-23-10)18-16(21)11(2)22-15(20)8-7-12-5-3-4-6-13(12)17/h3-9,11H,1-2H3,(H,18,19,21)/b8-7+/t11-/m0/s1. The van der Waals surface area contributed by atoms with E-state index in [4.69, 9.17) is 9.26 Å². The Morgan fingerprint density at radius 2 is 2.13 bits per heavy atom. The zero-order valence-electron chi connectivity index (χ0n) is 12.6. The quantitative estimate of drug-likeness (QED) is 0.677. The monoisotopic (exact) mass is 318 g/mol. The minimum absolute atomic E-state index is 0.234. The lowest BCUT2D eigenvalue weighted by molar-refractivity contribution is -0.148. The number of halogens is 1. The van der Waals surface area contributed by atoms with Crippen molar-refractivity contribution in [2.45, 2.75) is 20.0 Å². The van der Waals surface area contributed by atoms with E-state index in [1.54, 1.807) is 19.1 Å². The van der Waals surface area contributed by atoms with Crippen molar-refractivity contribution in [1.82, 2.24) is 5.16 Å². The van der Waals surface area contributed by atoms with Crippen LogP contribution in [0, 0.1) is 12.7 Å². The van der Waals surface area contributed by atoms with Crippen molar-refractivity contribution < 1.29 is 23.2 Å². The average Bonchev–Trinajstić information content (AvgIpc) is 2.91. The molecule has 0 aliphatic heterocycles. The molecule has 0 aliphatic rings. The molecule has 0 unspecified atom stereocenters. The number of amides is 1. The summed E-state index contributed by atoms with van der Waals surface area (Å²) < 4.78 is 23.1. The molecule has 1 aromatic carbocycles. The maximum atomic E-state index is 13.4. The van der Waals surface area contributed by atoms with Gasteiger partial charge in [-0.15, -0.1) is 0 Å². The first-order valence-corrected chi connectivity index (χ1v) is 6.83. The third kappa shape index (κ3) is 4.77. The predicted molar refractivity (Wildman–Crippen MR) is 80.9 cm³/mol. The third-order valence-electron chi connectivity index (χ3n) is 2.85. The van der Waals surface area contributed by atoms with Crippen molar-refractivity contribution in [3.05, 3.63) is 53.5 Å². The van der Waals surface area contributed by atoms with Gasteiger partial charge in [0.15, 0.2) is 11.9 Å². The fraction of sp³-hybridized carbons (Fsp3) is 0.188. The lowest BCUT2D eigenvalue weighted by atomic mass is 10.2. The van der Waals surface area contributed by atoms with Crippen molar-refractivity contribution in [1.29, 1.82) is 0 Å². The van der Waals surface area contributed by atoms with E-state index in [0.29, 0.717) is 5.76 Å². The fourth-order valence-electron chi connectivity index (χ4n) is 1.69. The summed E-state index contributed by atoms with van der Waals surface area (Å²) in [6, 6.07) is 7.51. The van der Waals surface area contributed by atoms with E-state index in [9.17, 15) is 14.0 Å². The number of hydrogen-bond donors (Lipinski definition) is 1. The number of hydrogen-bond acceptors (Lipinski definition) is 5. The molecular weight excluding hydrogens is 303 g/mol. The molecule has 23 heavy (non-hydrogen) atoms. The summed E-state index contributed by atoms with van der Waals surface area (Å²) >= 11 is 0. The lowest BCUT2D eigenvalue weighted by Crippen LogP contribution is -2.29. The van der Waals surface area contributed by atoms with Crippen LogP contribution in [0.1, 0.15) is 18.2 Å². The fourth-order valence-corrected chi connectivity index (χ4v) is 1.69. The Morgan fingerprint density at radius 3 is 2.78 bits per heavy atom. The number of ether oxygens (including phenoxy) is 1. The van der Waals surface area contributed by atoms with Crippen molar-refractivity contribution in [2.75, 3.05) is 5.32 Å². The molecule has 0 aliphatic carbocycles. The number of nitrogens with zero attached hydrogens (tertiary/aromatic N) is 1. The molecule has 1 aromatic heterocycles. The van der Waals surface area contributed by atoms with Crippen molar-refractivity contribution in [3.8, 4) is 0 Å². The van der Waals surface area contributed by atoms with E-state index in [2.05, 4.69) is 10.5 Å². The molecule has 1 N–H and O–H groups in total. The Balaban J connectivity index is 1.89. The van der Waals surface area contributed by atoms with E-state index >= 15 is 0 Å². The van der Waals surface area contributed by atoms with Gasteiger partial charge in [-0.1, -0.05) is 23.4 Å². The molecule has 120 valence electrons. The Labute approximate surface area is 131 Å². The number of aromatic nitrogens is 1. The highest BCUT2D eigenvalue weighted by atomic mass is 19.1. The van der Waals surface area contributed by atoms with Gasteiger partial charge in [-0.2, -0.15) is 0 Å². The number of anilines is 1. The average molecular weight is 318 g/mol. The second kappa shape index (κ2) is 7.35. The molecule has 0 spiro atoms. The van der Waals surface area contributed by atoms with Gasteiger partial charge in [0.1, 0.15) is 11.6 Å². The van der Waals surface area contributed by atoms with Gasteiger partial charge in [0, 0.05) is 17.7 Å². The molecule has 0 fully saturated rings. The van der Waals surface area contributed by atoms with Crippen LogP contribution in [-0.2, 0) is 14.3 Å². The maximum Gasteiger partial charge on any atom is 0.331 e. The van der Waals surface area contributed by atoms with Gasteiger partial charge in [-0.05, 0) is 26.0 Å². The van der Waals surface area contributed by atoms with Gasteiger partial charge < -0.3 is 14.6 Å². The Hall–Kier alpha value is -2.96. The minimum atomic E-state index is -1.04. The minimum Gasteiger partial charge on any atom is -0.449 e. The molecule has 6 nitrogen and oxygen atoms in total. The maximum absolute atomic E-state index is 13.4. The van der Waals surface area contributed by atoms with Gasteiger partial charge in [-0.25, -0.2) is 9.18 Å². The molecule has 1 heterocycles. The molecule has 0 radical (unpaired) electrons. The highest BCUT2D eigenvalue weighted by Gasteiger charge is 2.18. The second-order valence-corrected chi connectivity index (χ2v) is 4.75. The Morgan fingerprint density at radius 1 is 1.39 bits per heavy atom. The van der Waals surface area contributed by atoms with Gasteiger partial charge in [0.05, 0.1) is 0 Å². The lowest BCUT2D eigenvalue weighted by Gasteiger charge is -2.10. The smallest absolute Gasteiger partial charge is 0.331 e. The number of carbonyl (C=O) groups is 2. The van der Waals surface area contributed by atoms with Crippen molar-refractivity contribution >= 4 is 23.8 Å². The van der Waals surface area contributed by atoms with Crippen LogP contribution in [0.2, 0.25) is 0 Å². The van der Waals surface area contributed by atoms with Crippen LogP contribution < -0.4 is 5.32 Å². The van der Waals surface area contributed by atoms with Gasteiger partial charge in [0.25, 0.3) is 5.91 Å². The second-order valence-electron chi connectivity index (χ2n) is 4.75. The summed E-state index contributed by atoms with van der Waals surface area (Å²) in [4.78, 5) is 23.5. The normalized spacial score (nSPS) is 12.1. The molecule has 0 bridgehead atoms. The number of carbonyl (C=O) groups excluding carboxylic acids is 2. The van der Waals surface area contributed by atoms with Crippen molar-refractivity contribution in [2.24, 2.45) is 0 Å². The summed E-state index contributed by atoms with van der Waals surface area (Å²) in [6.45, 7) is 3.09. The SMILES string of the molecule is Cc1cc(NC(=O)[C@H](C)OC(=O)/C=C/c2ccccc2F)no1. The topological polar surface area (TPSA) is 81.4 Å². The van der Waals surface area contributed by atoms with Crippen LogP contribution in [0.4, 0.5) is 10.2 Å². The summed E-state index contributed by atoms with van der Waals surface area (Å²) in [5.74, 6) is -0.989. The summed E-state index contributed by atoms with van der Waals surface area (Å²) in [5, 5.41) is 6.05. The van der Waals surface area contributed by atoms with E-state index in [-0.39, 0.29) is 11.4 Å². The predicted octanol–water partition coefficient (Wildman–Crippen LogP) is 2.71. The van der Waals surface area contributed by atoms with Crippen LogP contribution in [0.15, 0.2) is 40.9 Å². The van der Waals surface area contributed by atoms with E-state index in [1.807, 2.05) is 0 Å². The number of aryl methyl sites for hydroxylation is 1. The van der Waals surface area contributed by atoms with E-state index < -0.39 is 23.8 Å². The summed E-state index contributed by atoms with van der Waals surface area (Å²) in [6.07, 6.45) is 1.30. The molecule has 1 atom stereocenters. The third-order valence-corrected chi connectivity index (χ3v) is 2.85. The molecule has 1 amide bonds. The zero-order valence-corrected chi connectivity index (χ0v) is 12.6. The highest BCUT2D eigenvalue weighted by molar-refractivity contribution is 5.96. The van der Waals surface area contributed by atoms with Crippen molar-refractivity contribution in [3.63, 3.8) is 0 Å². The van der Waals surface area contributed by atoms with Gasteiger partial charge >= 0.3 is 5.97 Å². The first-order chi connectivity index (χ1) is 11.0. The van der Waals surface area contributed by atoms with Crippen LogP contribution in [0.3, 0.4) is 0 Å².